The average Bonchev–Trinajstić information content (AvgIpc) is 4.27. The Balaban J connectivity index is 1.14. The molecule has 13 aliphatic carbocycles. The van der Waals surface area contributed by atoms with E-state index in [1.54, 1.807) is 0 Å². The van der Waals surface area contributed by atoms with Crippen molar-refractivity contribution in [3.63, 3.8) is 0 Å². The van der Waals surface area contributed by atoms with Gasteiger partial charge in [-0.15, -0.1) is 0 Å². The fourth-order valence-corrected chi connectivity index (χ4v) is 15.8. The topological polar surface area (TPSA) is 56.3 Å². The molecule has 15 aliphatic rings. The molecule has 346 valence electrons. The van der Waals surface area contributed by atoms with Crippen molar-refractivity contribution >= 4 is 33.7 Å². The molecule has 0 saturated heterocycles. The van der Waals surface area contributed by atoms with Crippen molar-refractivity contribution < 1.29 is 0 Å². The van der Waals surface area contributed by atoms with Crippen LogP contribution in [0.3, 0.4) is 0 Å². The summed E-state index contributed by atoms with van der Waals surface area (Å²) >= 11 is 0. The number of allylic oxidation sites excluding steroid dienone is 13. The summed E-state index contributed by atoms with van der Waals surface area (Å²) in [5.41, 5.74) is 28.5. The number of aromatic amines is 2. The molecule has 21 rings (SSSR count). The van der Waals surface area contributed by atoms with Crippen LogP contribution in [0.2, 0.25) is 0 Å². The van der Waals surface area contributed by atoms with E-state index < -0.39 is 0 Å². The lowest BCUT2D eigenvalue weighted by atomic mass is 9.67. The summed E-state index contributed by atoms with van der Waals surface area (Å²) in [5.74, 6) is 2.37. The predicted octanol–water partition coefficient (Wildman–Crippen LogP) is 13.7. The van der Waals surface area contributed by atoms with Gasteiger partial charge in [-0.1, -0.05) is 170 Å². The molecule has 0 unspecified atom stereocenters. The highest BCUT2D eigenvalue weighted by molar-refractivity contribution is 6.39. The molecule has 8 atom stereocenters. The van der Waals surface area contributed by atoms with Crippen LogP contribution >= 0.6 is 0 Å². The lowest BCUT2D eigenvalue weighted by Crippen LogP contribution is -2.29. The van der Waals surface area contributed by atoms with Crippen molar-refractivity contribution in [2.75, 3.05) is 0 Å². The molecule has 0 amide bonds. The number of nitrogens with zero attached hydrogens (tertiary/aromatic N) is 2. The van der Waals surface area contributed by atoms with Crippen LogP contribution in [0.1, 0.15) is 131 Å². The van der Waals surface area contributed by atoms with Gasteiger partial charge in [-0.25, -0.2) is 9.98 Å². The minimum atomic E-state index is 0.282. The second-order valence-electron chi connectivity index (χ2n) is 22.3. The van der Waals surface area contributed by atoms with Gasteiger partial charge in [0.25, 0.3) is 0 Å². The lowest BCUT2D eigenvalue weighted by Gasteiger charge is -2.35. The van der Waals surface area contributed by atoms with Crippen LogP contribution in [0.5, 0.6) is 0 Å². The molecule has 2 aromatic heterocycles. The van der Waals surface area contributed by atoms with E-state index in [0.29, 0.717) is 23.7 Å². The van der Waals surface area contributed by atoms with E-state index in [0.717, 1.165) is 74.2 Å². The molecule has 4 heteroatoms. The van der Waals surface area contributed by atoms with Gasteiger partial charge in [0.2, 0.25) is 0 Å². The van der Waals surface area contributed by atoms with Crippen LogP contribution in [-0.4, -0.2) is 21.4 Å². The minimum Gasteiger partial charge on any atom is -0.354 e. The monoisotopic (exact) mass is 926 g/mol. The van der Waals surface area contributed by atoms with Crippen LogP contribution in [0.4, 0.5) is 0 Å². The first-order valence-electron chi connectivity index (χ1n) is 27.1. The van der Waals surface area contributed by atoms with E-state index in [-0.39, 0.29) is 23.7 Å². The molecule has 0 radical (unpaired) electrons. The van der Waals surface area contributed by atoms with Gasteiger partial charge in [0.15, 0.2) is 0 Å². The van der Waals surface area contributed by atoms with Crippen LogP contribution in [-0.2, 0) is 0 Å². The Labute approximate surface area is 420 Å². The fourth-order valence-electron chi connectivity index (χ4n) is 15.8. The number of hydrogen-bond acceptors (Lipinski definition) is 2. The van der Waals surface area contributed by atoms with Crippen molar-refractivity contribution in [1.82, 2.24) is 9.97 Å². The van der Waals surface area contributed by atoms with E-state index in [4.69, 9.17) is 9.98 Å². The number of hydrogen-bond donors (Lipinski definition) is 2. The highest BCUT2D eigenvalue weighted by Crippen LogP contribution is 2.58. The first kappa shape index (κ1) is 40.1. The first-order valence-corrected chi connectivity index (χ1v) is 27.1. The Morgan fingerprint density at radius 2 is 0.611 bits per heavy atom. The molecule has 2 aliphatic heterocycles. The lowest BCUT2D eigenvalue weighted by molar-refractivity contribution is 0.501. The molecule has 0 spiro atoms. The molecule has 6 aromatic rings. The smallest absolute Gasteiger partial charge is 0.0779 e. The van der Waals surface area contributed by atoms with Gasteiger partial charge in [0.05, 0.1) is 44.9 Å². The van der Waals surface area contributed by atoms with Crippen LogP contribution in [0.15, 0.2) is 214 Å². The Morgan fingerprint density at radius 1 is 0.292 bits per heavy atom. The molecular formula is C68H54N4. The van der Waals surface area contributed by atoms with Crippen LogP contribution in [0, 0.1) is 23.7 Å². The summed E-state index contributed by atoms with van der Waals surface area (Å²) in [6.45, 7) is 0. The maximum Gasteiger partial charge on any atom is 0.0779 e. The molecule has 4 nitrogen and oxygen atoms in total. The summed E-state index contributed by atoms with van der Waals surface area (Å²) in [4.78, 5) is 21.5. The number of aromatic nitrogens is 2. The van der Waals surface area contributed by atoms with E-state index in [1.807, 2.05) is 0 Å². The van der Waals surface area contributed by atoms with E-state index >= 15 is 0 Å². The molecule has 16 bridgehead atoms. The normalized spacial score (nSPS) is 28.3. The molecule has 4 heterocycles. The molecule has 0 saturated carbocycles. The Kier molecular flexibility index (Phi) is 8.35. The van der Waals surface area contributed by atoms with Gasteiger partial charge in [-0.2, -0.15) is 0 Å². The van der Waals surface area contributed by atoms with E-state index in [9.17, 15) is 0 Å². The standard InChI is InChI=1S/C68H54N4/c1-5-13-37(14-6-1)57-61-49-41-21-25-43(26-22-41)51(49)63(69-61)58(38-15-7-2-8-16-38)65-53-45-29-33-47(34-30-45)55(53)67(71-65)60(40-19-11-4-12-20-40)68-56-48-35-31-46(32-36-48)54(56)66(72-68)59(39-17-9-3-10-18-39)64-52-44-27-23-42(24-28-44)50(52)62(57)70-64/h1-21,23,25,27,29,31,33,35,41-48,69-70H,22,24,26,28,30,32,34,36H2/t41-,42+,43+,44-,45-,46+,47+,48-. The number of nitrogens with one attached hydrogen (secondary N) is 2. The van der Waals surface area contributed by atoms with Crippen molar-refractivity contribution in [2.24, 2.45) is 33.7 Å². The maximum atomic E-state index is 6.29. The van der Waals surface area contributed by atoms with Crippen molar-refractivity contribution in [3.05, 3.63) is 270 Å². The van der Waals surface area contributed by atoms with E-state index in [2.05, 4.69) is 180 Å². The van der Waals surface area contributed by atoms with Gasteiger partial charge in [-0.05, 0) is 118 Å². The highest BCUT2D eigenvalue weighted by atomic mass is 14.9. The summed E-state index contributed by atoms with van der Waals surface area (Å²) in [6, 6.07) is 45.3. The molecule has 2 N–H and O–H groups in total. The second kappa shape index (κ2) is 15.0. The summed E-state index contributed by atoms with van der Waals surface area (Å²) in [7, 11) is 0. The number of benzene rings is 4. The SMILES string of the molecule is C1=C[C@H]2CC[C@@H]1C1=C2C2=NC1=C(c1ccccc1)C1=NC(=C(c3ccccc3)c3[nH]c(c4c3[C@H]3C=C[C@@H]4CC3)C(c3ccccc3)=c3[nH]c(c4c3[C@H]3C=C[C@@H]4CC3)=C2c2ccccc2)C2=C1[C@H]1C=C[C@@H]2CC1. The van der Waals surface area contributed by atoms with Crippen LogP contribution in [0.25, 0.3) is 22.3 Å². The predicted molar refractivity (Wildman–Crippen MR) is 291 cm³/mol. The Hall–Kier alpha value is -7.56. The zero-order chi connectivity index (χ0) is 46.8. The van der Waals surface area contributed by atoms with Crippen molar-refractivity contribution in [1.29, 1.82) is 0 Å². The average molecular weight is 927 g/mol. The van der Waals surface area contributed by atoms with Crippen LogP contribution < -0.4 is 10.7 Å². The quantitative estimate of drug-likeness (QED) is 0.166. The number of aliphatic imine (C=N–C) groups is 2. The number of fused-ring (bicyclic) bond motifs is 4. The maximum absolute atomic E-state index is 6.29. The number of rotatable bonds is 4. The first-order chi connectivity index (χ1) is 35.7. The van der Waals surface area contributed by atoms with Crippen molar-refractivity contribution in [2.45, 2.75) is 75.0 Å². The number of H-pyrrole nitrogens is 2. The van der Waals surface area contributed by atoms with Gasteiger partial charge >= 0.3 is 0 Å². The Morgan fingerprint density at radius 3 is 1.06 bits per heavy atom. The molecular weight excluding hydrogens is 873 g/mol. The molecule has 0 fully saturated rings. The van der Waals surface area contributed by atoms with E-state index in [1.165, 1.54) is 111 Å². The third kappa shape index (κ3) is 5.43. The van der Waals surface area contributed by atoms with Gasteiger partial charge in [-0.3, -0.25) is 0 Å². The summed E-state index contributed by atoms with van der Waals surface area (Å²) in [6.07, 6.45) is 29.4. The van der Waals surface area contributed by atoms with Crippen molar-refractivity contribution in [3.8, 4) is 0 Å². The fraction of sp³-hybridized carbons (Fsp3) is 0.235. The third-order valence-electron chi connectivity index (χ3n) is 18.8. The highest BCUT2D eigenvalue weighted by Gasteiger charge is 2.48. The molecule has 4 aromatic carbocycles. The zero-order valence-electron chi connectivity index (χ0n) is 40.3. The minimum absolute atomic E-state index is 0.282. The van der Waals surface area contributed by atoms with Gasteiger partial charge in [0.1, 0.15) is 0 Å². The third-order valence-corrected chi connectivity index (χ3v) is 18.8. The largest absolute Gasteiger partial charge is 0.354 e. The summed E-state index contributed by atoms with van der Waals surface area (Å²) < 4.78 is 0. The van der Waals surface area contributed by atoms with Gasteiger partial charge in [0, 0.05) is 69.6 Å². The summed E-state index contributed by atoms with van der Waals surface area (Å²) in [5, 5.41) is 2.51. The zero-order valence-corrected chi connectivity index (χ0v) is 40.3. The second-order valence-corrected chi connectivity index (χ2v) is 22.3. The Bertz CT molecular complexity index is 3870. The molecule has 72 heavy (non-hydrogen) atoms. The van der Waals surface area contributed by atoms with Gasteiger partial charge < -0.3 is 9.97 Å².